The Morgan fingerprint density at radius 2 is 0.726 bits per heavy atom. The first-order chi connectivity index (χ1) is 30.3. The van der Waals surface area contributed by atoms with Crippen LogP contribution in [0.25, 0.3) is 11.1 Å². The highest BCUT2D eigenvalue weighted by molar-refractivity contribution is 6.53. The van der Waals surface area contributed by atoms with E-state index in [0.29, 0.717) is 5.56 Å². The maximum absolute atomic E-state index is 14.8. The topological polar surface area (TPSA) is 39.3 Å². The molecule has 0 atom stereocenters. The number of rotatable bonds is 10. The standard InChI is InChI=1S/C52H50Cl4N4O2/c53-47-45-46(48(54)50(56)49(47)55)52(62-51(45)61,33-39(35-17-1-5-21-41(35)57-25-9-10-26-57)36-18-2-6-22-42(36)58-27-11-12-28-58)34-40(37-19-3-7-23-43(37)59-29-13-14-30-59)38-20-4-8-24-44(38)60-31-15-16-32-60/h1-8,17-24,33-34H,9-16,25-32H2. The Bertz CT molecular complexity index is 2330. The first kappa shape index (κ1) is 41.4. The summed E-state index contributed by atoms with van der Waals surface area (Å²) >= 11 is 28.4. The van der Waals surface area contributed by atoms with Gasteiger partial charge in [-0.15, -0.1) is 0 Å². The van der Waals surface area contributed by atoms with Crippen molar-refractivity contribution in [2.45, 2.75) is 57.0 Å². The molecular formula is C52H50Cl4N4O2. The van der Waals surface area contributed by atoms with Crippen LogP contribution in [0.2, 0.25) is 20.1 Å². The zero-order valence-corrected chi connectivity index (χ0v) is 37.8. The largest absolute Gasteiger partial charge is 0.442 e. The van der Waals surface area contributed by atoms with E-state index in [0.717, 1.165) is 160 Å². The zero-order chi connectivity index (χ0) is 42.4. The highest BCUT2D eigenvalue weighted by Crippen LogP contribution is 2.55. The number of esters is 1. The number of fused-ring (bicyclic) bond motifs is 1. The fourth-order valence-electron chi connectivity index (χ4n) is 10.5. The van der Waals surface area contributed by atoms with Crippen LogP contribution in [0.3, 0.4) is 0 Å². The van der Waals surface area contributed by atoms with E-state index in [1.54, 1.807) is 0 Å². The van der Waals surface area contributed by atoms with E-state index in [4.69, 9.17) is 51.1 Å². The van der Waals surface area contributed by atoms with Crippen molar-refractivity contribution in [1.29, 1.82) is 0 Å². The third-order valence-corrected chi connectivity index (χ3v) is 15.2. The minimum atomic E-state index is -1.61. The number of anilines is 4. The second-order valence-electron chi connectivity index (χ2n) is 17.1. The number of carbonyl (C=O) groups excluding carboxylic acids is 1. The molecule has 62 heavy (non-hydrogen) atoms. The summed E-state index contributed by atoms with van der Waals surface area (Å²) < 4.78 is 6.97. The molecule has 4 fully saturated rings. The summed E-state index contributed by atoms with van der Waals surface area (Å²) in [5.74, 6) is -0.613. The van der Waals surface area contributed by atoms with E-state index in [-0.39, 0.29) is 25.7 Å². The Kier molecular flexibility index (Phi) is 11.7. The zero-order valence-electron chi connectivity index (χ0n) is 34.8. The predicted octanol–water partition coefficient (Wildman–Crippen LogP) is 13.3. The number of cyclic esters (lactones) is 1. The van der Waals surface area contributed by atoms with Gasteiger partial charge in [-0.3, -0.25) is 0 Å². The SMILES string of the molecule is O=C1OC(C=C(c2ccccc2N2CCCC2)c2ccccc2N2CCCC2)(C=C(c2ccccc2N2CCCC2)c2ccccc2N2CCCC2)c2c(Cl)c(Cl)c(Cl)c(Cl)c21. The molecule has 5 aromatic carbocycles. The van der Waals surface area contributed by atoms with Crippen molar-refractivity contribution in [3.05, 3.63) is 163 Å². The number of ether oxygens (including phenoxy) is 1. The lowest BCUT2D eigenvalue weighted by Crippen LogP contribution is -2.26. The van der Waals surface area contributed by atoms with Crippen LogP contribution in [-0.2, 0) is 10.3 Å². The minimum absolute atomic E-state index is 0.0238. The molecule has 0 unspecified atom stereocenters. The molecule has 10 rings (SSSR count). The molecule has 0 aliphatic carbocycles. The van der Waals surface area contributed by atoms with Crippen LogP contribution in [0.15, 0.2) is 109 Å². The van der Waals surface area contributed by atoms with Gasteiger partial charge in [0.1, 0.15) is 0 Å². The average Bonchev–Trinajstić information content (AvgIpc) is 4.17. The Hall–Kier alpha value is -4.59. The third-order valence-electron chi connectivity index (χ3n) is 13.4. The number of para-hydroxylation sites is 4. The highest BCUT2D eigenvalue weighted by atomic mass is 35.5. The molecule has 5 aliphatic heterocycles. The van der Waals surface area contributed by atoms with E-state index in [2.05, 4.69) is 129 Å². The van der Waals surface area contributed by atoms with Crippen molar-refractivity contribution < 1.29 is 9.53 Å². The van der Waals surface area contributed by atoms with Crippen molar-refractivity contribution in [2.75, 3.05) is 72.0 Å². The van der Waals surface area contributed by atoms with Crippen molar-refractivity contribution in [1.82, 2.24) is 0 Å². The summed E-state index contributed by atoms with van der Waals surface area (Å²) in [4.78, 5) is 24.7. The van der Waals surface area contributed by atoms with Gasteiger partial charge in [0.15, 0.2) is 5.60 Å². The minimum Gasteiger partial charge on any atom is -0.442 e. The molecule has 0 bridgehead atoms. The molecule has 5 heterocycles. The molecule has 5 aliphatic rings. The summed E-state index contributed by atoms with van der Waals surface area (Å²) in [6.07, 6.45) is 13.2. The highest BCUT2D eigenvalue weighted by Gasteiger charge is 2.49. The van der Waals surface area contributed by atoms with E-state index in [9.17, 15) is 4.79 Å². The Morgan fingerprint density at radius 3 is 1.05 bits per heavy atom. The molecule has 6 nitrogen and oxygen atoms in total. The van der Waals surface area contributed by atoms with E-state index >= 15 is 0 Å². The van der Waals surface area contributed by atoms with Crippen molar-refractivity contribution >= 4 is 86.3 Å². The van der Waals surface area contributed by atoms with E-state index in [1.807, 2.05) is 0 Å². The van der Waals surface area contributed by atoms with Gasteiger partial charge < -0.3 is 24.3 Å². The second-order valence-corrected chi connectivity index (χ2v) is 18.7. The lowest BCUT2D eigenvalue weighted by atomic mass is 9.81. The molecule has 0 spiro atoms. The van der Waals surface area contributed by atoms with Gasteiger partial charge in [-0.2, -0.15) is 0 Å². The van der Waals surface area contributed by atoms with Crippen LogP contribution in [0.5, 0.6) is 0 Å². The fraction of sp³-hybridized carbons (Fsp3) is 0.327. The third kappa shape index (κ3) is 7.45. The molecule has 5 aromatic rings. The normalized spacial score (nSPS) is 18.1. The van der Waals surface area contributed by atoms with E-state index < -0.39 is 11.6 Å². The first-order valence-electron chi connectivity index (χ1n) is 22.3. The van der Waals surface area contributed by atoms with Crippen LogP contribution in [0, 0.1) is 0 Å². The van der Waals surface area contributed by atoms with Gasteiger partial charge >= 0.3 is 5.97 Å². The molecule has 0 amide bonds. The first-order valence-corrected chi connectivity index (χ1v) is 23.8. The maximum Gasteiger partial charge on any atom is 0.341 e. The van der Waals surface area contributed by atoms with Gasteiger partial charge in [0.05, 0.1) is 25.7 Å². The van der Waals surface area contributed by atoms with Gasteiger partial charge in [-0.1, -0.05) is 119 Å². The second kappa shape index (κ2) is 17.5. The van der Waals surface area contributed by atoms with Crippen LogP contribution in [0.4, 0.5) is 22.7 Å². The summed E-state index contributed by atoms with van der Waals surface area (Å²) in [6.45, 7) is 7.68. The molecule has 0 radical (unpaired) electrons. The molecule has 0 aromatic heterocycles. The van der Waals surface area contributed by atoms with Gasteiger partial charge in [0, 0.05) is 103 Å². The quantitative estimate of drug-likeness (QED) is 0.0790. The van der Waals surface area contributed by atoms with Gasteiger partial charge in [0.25, 0.3) is 0 Å². The van der Waals surface area contributed by atoms with Gasteiger partial charge in [0.2, 0.25) is 0 Å². The number of nitrogens with zero attached hydrogens (tertiary/aromatic N) is 4. The van der Waals surface area contributed by atoms with Crippen molar-refractivity contribution in [3.63, 3.8) is 0 Å². The van der Waals surface area contributed by atoms with Crippen LogP contribution >= 0.6 is 46.4 Å². The van der Waals surface area contributed by atoms with E-state index in [1.165, 1.54) is 0 Å². The Labute approximate surface area is 385 Å². The summed E-state index contributed by atoms with van der Waals surface area (Å²) in [5, 5.41) is 0.261. The monoisotopic (exact) mass is 902 g/mol. The molecule has 10 heteroatoms. The number of carbonyl (C=O) groups is 1. The summed E-state index contributed by atoms with van der Waals surface area (Å²) in [5.41, 5.74) is 9.42. The number of hydrogen-bond donors (Lipinski definition) is 0. The molecule has 318 valence electrons. The maximum atomic E-state index is 14.8. The molecule has 4 saturated heterocycles. The molecule has 0 N–H and O–H groups in total. The summed E-state index contributed by atoms with van der Waals surface area (Å²) in [6, 6.07) is 34.5. The van der Waals surface area contributed by atoms with Gasteiger partial charge in [-0.25, -0.2) is 4.79 Å². The van der Waals surface area contributed by atoms with Crippen LogP contribution in [0.1, 0.15) is 89.5 Å². The number of hydrogen-bond acceptors (Lipinski definition) is 6. The van der Waals surface area contributed by atoms with Gasteiger partial charge in [-0.05, 0) is 98.9 Å². The lowest BCUT2D eigenvalue weighted by molar-refractivity contribution is 0.0300. The number of benzene rings is 5. The fourth-order valence-corrected chi connectivity index (χ4v) is 11.5. The Balaban J connectivity index is 1.34. The van der Waals surface area contributed by atoms with Crippen LogP contribution < -0.4 is 19.6 Å². The smallest absolute Gasteiger partial charge is 0.341 e. The lowest BCUT2D eigenvalue weighted by Gasteiger charge is -2.31. The van der Waals surface area contributed by atoms with Crippen molar-refractivity contribution in [3.8, 4) is 0 Å². The average molecular weight is 905 g/mol. The molecular weight excluding hydrogens is 854 g/mol. The van der Waals surface area contributed by atoms with Crippen LogP contribution in [-0.4, -0.2) is 58.3 Å². The molecule has 0 saturated carbocycles. The predicted molar refractivity (Wildman–Crippen MR) is 259 cm³/mol. The number of halogens is 4. The Morgan fingerprint density at radius 1 is 0.435 bits per heavy atom. The summed E-state index contributed by atoms with van der Waals surface area (Å²) in [7, 11) is 0. The van der Waals surface area contributed by atoms with Crippen molar-refractivity contribution in [2.24, 2.45) is 0 Å².